The van der Waals surface area contributed by atoms with Gasteiger partial charge in [-0.05, 0) is 94.1 Å². The van der Waals surface area contributed by atoms with Crippen molar-refractivity contribution in [2.75, 3.05) is 20.6 Å². The molecular weight excluding hydrogens is 450 g/mol. The van der Waals surface area contributed by atoms with Crippen molar-refractivity contribution in [1.82, 2.24) is 4.90 Å². The quantitative estimate of drug-likeness (QED) is 0.212. The van der Waals surface area contributed by atoms with Crippen molar-refractivity contribution in [1.29, 1.82) is 0 Å². The number of aryl methyl sites for hydroxylation is 1. The Morgan fingerprint density at radius 2 is 1.69 bits per heavy atom. The summed E-state index contributed by atoms with van der Waals surface area (Å²) in [5, 5.41) is 0. The second-order valence-corrected chi connectivity index (χ2v) is 10.4. The van der Waals surface area contributed by atoms with E-state index in [-0.39, 0.29) is 23.6 Å². The zero-order valence-electron chi connectivity index (χ0n) is 23.9. The maximum absolute atomic E-state index is 15.8. The Bertz CT molecular complexity index is 1090. The highest BCUT2D eigenvalue weighted by molar-refractivity contribution is 6.04. The molecule has 2 aromatic rings. The normalized spacial score (nSPS) is 14.7. The summed E-state index contributed by atoms with van der Waals surface area (Å²) in [6.45, 7) is 19.6. The smallest absolute Gasteiger partial charge is 0.132 e. The molecule has 0 spiro atoms. The van der Waals surface area contributed by atoms with Gasteiger partial charge in [-0.2, -0.15) is 0 Å². The largest absolute Gasteiger partial charge is 0.303 e. The van der Waals surface area contributed by atoms with E-state index in [2.05, 4.69) is 44.3 Å². The topological polar surface area (TPSA) is 15.6 Å². The molecule has 2 rings (SSSR count). The van der Waals surface area contributed by atoms with Gasteiger partial charge in [0.15, 0.2) is 0 Å². The summed E-state index contributed by atoms with van der Waals surface area (Å²) in [4.78, 5) is 6.99. The maximum atomic E-state index is 15.8. The van der Waals surface area contributed by atoms with E-state index < -0.39 is 0 Å². The van der Waals surface area contributed by atoms with Gasteiger partial charge in [0.05, 0.1) is 5.71 Å². The van der Waals surface area contributed by atoms with Gasteiger partial charge in [0.25, 0.3) is 0 Å². The van der Waals surface area contributed by atoms with E-state index in [1.165, 1.54) is 18.6 Å². The highest BCUT2D eigenvalue weighted by atomic mass is 19.1. The number of rotatable bonds is 12. The van der Waals surface area contributed by atoms with Crippen LogP contribution in [-0.4, -0.2) is 37.3 Å². The molecule has 4 heteroatoms. The highest BCUT2D eigenvalue weighted by Crippen LogP contribution is 2.34. The van der Waals surface area contributed by atoms with Crippen LogP contribution in [-0.2, 0) is 0 Å². The lowest BCUT2D eigenvalue weighted by atomic mass is 9.78. The van der Waals surface area contributed by atoms with Gasteiger partial charge in [-0.3, -0.25) is 4.99 Å². The predicted molar refractivity (Wildman–Crippen MR) is 152 cm³/mol. The number of hydrogen-bond acceptors (Lipinski definition) is 2. The molecule has 0 aromatic heterocycles. The third-order valence-electron chi connectivity index (χ3n) is 8.01. The van der Waals surface area contributed by atoms with Crippen LogP contribution in [0.25, 0.3) is 11.1 Å². The van der Waals surface area contributed by atoms with Crippen LogP contribution >= 0.6 is 0 Å². The van der Waals surface area contributed by atoms with Gasteiger partial charge in [-0.15, -0.1) is 0 Å². The lowest BCUT2D eigenvalue weighted by Crippen LogP contribution is -2.43. The minimum atomic E-state index is -0.380. The summed E-state index contributed by atoms with van der Waals surface area (Å²) in [6, 6.07) is 6.75. The molecule has 2 nitrogen and oxygen atoms in total. The highest BCUT2D eigenvalue weighted by Gasteiger charge is 2.33. The standard InChI is InChI=1S/C32H46F2N2/c1-11-14-24(12-2)18-29(36(10)13-3)30(20(4)5)32(35-9)26-16-15-25(19-27(26)33)31-23(8)22(7)21(6)17-28(31)34/h15-17,19,24,29-30H,4,11-14,18H2,1-3,5-10H3/b35-32-. The average Bonchev–Trinajstić information content (AvgIpc) is 2.84. The van der Waals surface area contributed by atoms with E-state index in [0.717, 1.165) is 48.1 Å². The Balaban J connectivity index is 2.59. The third-order valence-corrected chi connectivity index (χ3v) is 8.01. The van der Waals surface area contributed by atoms with Crippen molar-refractivity contribution in [2.24, 2.45) is 16.8 Å². The molecule has 2 aromatic carbocycles. The molecule has 0 heterocycles. The first-order valence-corrected chi connectivity index (χ1v) is 13.4. The Labute approximate surface area is 218 Å². The zero-order valence-corrected chi connectivity index (χ0v) is 23.9. The molecule has 0 saturated heterocycles. The van der Waals surface area contributed by atoms with Crippen molar-refractivity contribution in [3.05, 3.63) is 70.3 Å². The molecule has 0 fully saturated rings. The molecule has 3 unspecified atom stereocenters. The van der Waals surface area contributed by atoms with Crippen LogP contribution < -0.4 is 0 Å². The molecule has 0 aliphatic carbocycles. The van der Waals surface area contributed by atoms with Crippen molar-refractivity contribution in [3.8, 4) is 11.1 Å². The monoisotopic (exact) mass is 496 g/mol. The van der Waals surface area contributed by atoms with E-state index >= 15 is 4.39 Å². The molecule has 0 N–H and O–H groups in total. The van der Waals surface area contributed by atoms with Crippen LogP contribution in [0.5, 0.6) is 0 Å². The Morgan fingerprint density at radius 3 is 2.19 bits per heavy atom. The van der Waals surface area contributed by atoms with Gasteiger partial charge in [-0.1, -0.05) is 58.3 Å². The predicted octanol–water partition coefficient (Wildman–Crippen LogP) is 8.70. The molecular formula is C32H46F2N2. The Kier molecular flexibility index (Phi) is 11.0. The summed E-state index contributed by atoms with van der Waals surface area (Å²) in [6.07, 6.45) is 4.46. The average molecular weight is 497 g/mol. The van der Waals surface area contributed by atoms with Crippen LogP contribution in [0.4, 0.5) is 8.78 Å². The molecule has 0 radical (unpaired) electrons. The molecule has 198 valence electrons. The molecule has 0 bridgehead atoms. The van der Waals surface area contributed by atoms with Crippen LogP contribution in [0.3, 0.4) is 0 Å². The van der Waals surface area contributed by atoms with Gasteiger partial charge in [-0.25, -0.2) is 8.78 Å². The first kappa shape index (κ1) is 29.9. The van der Waals surface area contributed by atoms with Gasteiger partial charge in [0.1, 0.15) is 11.6 Å². The second kappa shape index (κ2) is 13.3. The third kappa shape index (κ3) is 6.51. The second-order valence-electron chi connectivity index (χ2n) is 10.4. The summed E-state index contributed by atoms with van der Waals surface area (Å²) in [7, 11) is 3.87. The van der Waals surface area contributed by atoms with Crippen molar-refractivity contribution in [3.63, 3.8) is 0 Å². The van der Waals surface area contributed by atoms with Crippen LogP contribution in [0.2, 0.25) is 0 Å². The molecule has 0 saturated carbocycles. The summed E-state index contributed by atoms with van der Waals surface area (Å²) in [5.74, 6) is -0.212. The molecule has 3 atom stereocenters. The SMILES string of the molecule is C=C(C)C(/C(=N\C)c1ccc(-c2c(F)cc(C)c(C)c2C)cc1F)C(CC(CC)CCC)N(C)CC. The molecule has 0 aliphatic heterocycles. The van der Waals surface area contributed by atoms with Gasteiger partial charge in [0, 0.05) is 30.1 Å². The first-order valence-electron chi connectivity index (χ1n) is 13.4. The molecule has 0 amide bonds. The van der Waals surface area contributed by atoms with E-state index in [0.29, 0.717) is 28.3 Å². The Hall–Kier alpha value is -2.33. The van der Waals surface area contributed by atoms with Crippen LogP contribution in [0, 0.1) is 44.2 Å². The van der Waals surface area contributed by atoms with Crippen LogP contribution in [0.15, 0.2) is 41.4 Å². The van der Waals surface area contributed by atoms with Crippen molar-refractivity contribution < 1.29 is 8.78 Å². The fourth-order valence-corrected chi connectivity index (χ4v) is 5.48. The lowest BCUT2D eigenvalue weighted by molar-refractivity contribution is 0.185. The molecule has 36 heavy (non-hydrogen) atoms. The van der Waals surface area contributed by atoms with Gasteiger partial charge >= 0.3 is 0 Å². The van der Waals surface area contributed by atoms with Crippen molar-refractivity contribution >= 4 is 5.71 Å². The minimum absolute atomic E-state index is 0.105. The summed E-state index contributed by atoms with van der Waals surface area (Å²) >= 11 is 0. The first-order chi connectivity index (χ1) is 17.0. The molecule has 0 aliphatic rings. The number of halogens is 2. The van der Waals surface area contributed by atoms with E-state index in [1.807, 2.05) is 33.8 Å². The Morgan fingerprint density at radius 1 is 1.03 bits per heavy atom. The number of hydrogen-bond donors (Lipinski definition) is 0. The fourth-order valence-electron chi connectivity index (χ4n) is 5.48. The van der Waals surface area contributed by atoms with E-state index in [9.17, 15) is 4.39 Å². The number of aliphatic imine (C=N–C) groups is 1. The zero-order chi connectivity index (χ0) is 27.2. The van der Waals surface area contributed by atoms with Crippen molar-refractivity contribution in [2.45, 2.75) is 80.2 Å². The van der Waals surface area contributed by atoms with E-state index in [1.54, 1.807) is 13.1 Å². The number of nitrogens with zero attached hydrogens (tertiary/aromatic N) is 2. The summed E-state index contributed by atoms with van der Waals surface area (Å²) in [5.41, 5.74) is 5.93. The lowest BCUT2D eigenvalue weighted by Gasteiger charge is -2.37. The number of benzene rings is 2. The minimum Gasteiger partial charge on any atom is -0.303 e. The maximum Gasteiger partial charge on any atom is 0.132 e. The summed E-state index contributed by atoms with van der Waals surface area (Å²) < 4.78 is 30.7. The fraction of sp³-hybridized carbons (Fsp3) is 0.531. The van der Waals surface area contributed by atoms with Crippen LogP contribution in [0.1, 0.15) is 75.6 Å². The van der Waals surface area contributed by atoms with E-state index in [4.69, 9.17) is 0 Å². The van der Waals surface area contributed by atoms with Gasteiger partial charge in [0.2, 0.25) is 0 Å². The van der Waals surface area contributed by atoms with Gasteiger partial charge < -0.3 is 4.90 Å².